The molecule has 4 nitrogen and oxygen atoms in total. The van der Waals surface area contributed by atoms with Crippen molar-refractivity contribution in [3.63, 3.8) is 0 Å². The molecule has 0 heterocycles. The Labute approximate surface area is 126 Å². The maximum atomic E-state index is 11.8. The average molecular weight is 290 g/mol. The van der Waals surface area contributed by atoms with Crippen LogP contribution >= 0.6 is 0 Å². The van der Waals surface area contributed by atoms with Crippen LogP contribution in [0.25, 0.3) is 0 Å². The highest BCUT2D eigenvalue weighted by molar-refractivity contribution is 5.73. The van der Waals surface area contributed by atoms with Gasteiger partial charge in [-0.05, 0) is 37.2 Å². The molecule has 1 aromatic rings. The largest absolute Gasteiger partial charge is 0.393 e. The third-order valence-corrected chi connectivity index (χ3v) is 4.34. The van der Waals surface area contributed by atoms with Crippen LogP contribution in [0.2, 0.25) is 0 Å². The Morgan fingerprint density at radius 2 is 2.05 bits per heavy atom. The number of benzene rings is 1. The van der Waals surface area contributed by atoms with Crippen LogP contribution in [0.3, 0.4) is 0 Å². The fourth-order valence-corrected chi connectivity index (χ4v) is 2.97. The van der Waals surface area contributed by atoms with Crippen LogP contribution in [0, 0.1) is 5.92 Å². The van der Waals surface area contributed by atoms with E-state index in [0.717, 1.165) is 25.7 Å². The molecule has 0 spiro atoms. The van der Waals surface area contributed by atoms with Crippen LogP contribution in [-0.4, -0.2) is 30.3 Å². The van der Waals surface area contributed by atoms with Crippen LogP contribution < -0.4 is 10.6 Å². The first-order valence-corrected chi connectivity index (χ1v) is 7.93. The molecule has 2 rings (SSSR count). The molecule has 0 aromatic heterocycles. The SMILES string of the molecule is CC[C@H](CNC(=O)NC[C@H]1CC[C@H](O)C1)c1ccccc1. The van der Waals surface area contributed by atoms with Crippen molar-refractivity contribution in [3.05, 3.63) is 35.9 Å². The van der Waals surface area contributed by atoms with E-state index in [1.54, 1.807) is 0 Å². The van der Waals surface area contributed by atoms with Crippen LogP contribution in [0.5, 0.6) is 0 Å². The number of carbonyl (C=O) groups is 1. The molecule has 116 valence electrons. The highest BCUT2D eigenvalue weighted by Gasteiger charge is 2.22. The second-order valence-electron chi connectivity index (χ2n) is 5.94. The summed E-state index contributed by atoms with van der Waals surface area (Å²) in [6.45, 7) is 3.45. The van der Waals surface area contributed by atoms with Gasteiger partial charge >= 0.3 is 6.03 Å². The molecule has 21 heavy (non-hydrogen) atoms. The topological polar surface area (TPSA) is 61.4 Å². The summed E-state index contributed by atoms with van der Waals surface area (Å²) in [6.07, 6.45) is 3.49. The monoisotopic (exact) mass is 290 g/mol. The summed E-state index contributed by atoms with van der Waals surface area (Å²) in [4.78, 5) is 11.8. The zero-order valence-electron chi connectivity index (χ0n) is 12.7. The molecular formula is C17H26N2O2. The van der Waals surface area contributed by atoms with Gasteiger partial charge < -0.3 is 15.7 Å². The predicted molar refractivity (Wildman–Crippen MR) is 84.2 cm³/mol. The van der Waals surface area contributed by atoms with Crippen LogP contribution in [-0.2, 0) is 0 Å². The highest BCUT2D eigenvalue weighted by atomic mass is 16.3. The first kappa shape index (κ1) is 15.8. The minimum Gasteiger partial charge on any atom is -0.393 e. The summed E-state index contributed by atoms with van der Waals surface area (Å²) in [5.74, 6) is 0.770. The van der Waals surface area contributed by atoms with E-state index in [0.29, 0.717) is 24.9 Å². The van der Waals surface area contributed by atoms with Crippen LogP contribution in [0.4, 0.5) is 4.79 Å². The second kappa shape index (κ2) is 8.03. The van der Waals surface area contributed by atoms with Gasteiger partial charge in [0, 0.05) is 19.0 Å². The minimum atomic E-state index is -0.178. The lowest BCUT2D eigenvalue weighted by atomic mass is 9.97. The van der Waals surface area contributed by atoms with E-state index in [2.05, 4.69) is 29.7 Å². The molecule has 1 aliphatic rings. The average Bonchev–Trinajstić information content (AvgIpc) is 2.92. The highest BCUT2D eigenvalue weighted by Crippen LogP contribution is 2.24. The molecule has 0 aliphatic heterocycles. The molecular weight excluding hydrogens is 264 g/mol. The maximum absolute atomic E-state index is 11.8. The molecule has 1 fully saturated rings. The van der Waals surface area contributed by atoms with E-state index in [1.807, 2.05) is 18.2 Å². The van der Waals surface area contributed by atoms with Gasteiger partial charge in [-0.2, -0.15) is 0 Å². The summed E-state index contributed by atoms with van der Waals surface area (Å²) in [5.41, 5.74) is 1.26. The van der Waals surface area contributed by atoms with Crippen LogP contribution in [0.15, 0.2) is 30.3 Å². The number of urea groups is 1. The van der Waals surface area contributed by atoms with Gasteiger partial charge in [-0.1, -0.05) is 37.3 Å². The van der Waals surface area contributed by atoms with Gasteiger partial charge in [0.2, 0.25) is 0 Å². The maximum Gasteiger partial charge on any atom is 0.314 e. The number of aliphatic hydroxyl groups is 1. The van der Waals surface area contributed by atoms with Crippen molar-refractivity contribution in [2.24, 2.45) is 5.92 Å². The Kier molecular flexibility index (Phi) is 6.05. The Hall–Kier alpha value is -1.55. The molecule has 0 saturated heterocycles. The summed E-state index contributed by atoms with van der Waals surface area (Å²) < 4.78 is 0. The van der Waals surface area contributed by atoms with Crippen molar-refractivity contribution < 1.29 is 9.90 Å². The van der Waals surface area contributed by atoms with E-state index < -0.39 is 0 Å². The van der Waals surface area contributed by atoms with E-state index >= 15 is 0 Å². The van der Waals surface area contributed by atoms with Gasteiger partial charge in [0.1, 0.15) is 0 Å². The fraction of sp³-hybridized carbons (Fsp3) is 0.588. The number of aliphatic hydroxyl groups excluding tert-OH is 1. The molecule has 1 aromatic carbocycles. The number of amides is 2. The lowest BCUT2D eigenvalue weighted by Crippen LogP contribution is -2.39. The Bertz CT molecular complexity index is 436. The quantitative estimate of drug-likeness (QED) is 0.754. The first-order valence-electron chi connectivity index (χ1n) is 7.93. The molecule has 0 unspecified atom stereocenters. The predicted octanol–water partition coefficient (Wildman–Crippen LogP) is 2.64. The third kappa shape index (κ3) is 5.05. The van der Waals surface area contributed by atoms with Crippen LogP contribution in [0.1, 0.15) is 44.1 Å². The number of nitrogens with one attached hydrogen (secondary N) is 2. The molecule has 1 aliphatic carbocycles. The van der Waals surface area contributed by atoms with Crippen molar-refractivity contribution in [3.8, 4) is 0 Å². The van der Waals surface area contributed by atoms with Crippen molar-refractivity contribution in [2.45, 2.75) is 44.6 Å². The number of carbonyl (C=O) groups excluding carboxylic acids is 1. The zero-order valence-corrected chi connectivity index (χ0v) is 12.7. The molecule has 4 heteroatoms. The lowest BCUT2D eigenvalue weighted by Gasteiger charge is -2.17. The van der Waals surface area contributed by atoms with Gasteiger partial charge in [0.05, 0.1) is 6.10 Å². The Morgan fingerprint density at radius 1 is 1.29 bits per heavy atom. The van der Waals surface area contributed by atoms with E-state index in [9.17, 15) is 9.90 Å². The number of hydrogen-bond donors (Lipinski definition) is 3. The van der Waals surface area contributed by atoms with E-state index in [4.69, 9.17) is 0 Å². The van der Waals surface area contributed by atoms with Crippen molar-refractivity contribution in [1.82, 2.24) is 10.6 Å². The molecule has 2 amide bonds. The van der Waals surface area contributed by atoms with Gasteiger partial charge in [-0.25, -0.2) is 4.79 Å². The van der Waals surface area contributed by atoms with Gasteiger partial charge in [-0.3, -0.25) is 0 Å². The van der Waals surface area contributed by atoms with Gasteiger partial charge in [-0.15, -0.1) is 0 Å². The van der Waals surface area contributed by atoms with Gasteiger partial charge in [0.25, 0.3) is 0 Å². The number of rotatable bonds is 6. The molecule has 0 radical (unpaired) electrons. The van der Waals surface area contributed by atoms with Crippen molar-refractivity contribution >= 4 is 6.03 Å². The Balaban J connectivity index is 1.70. The Morgan fingerprint density at radius 3 is 2.67 bits per heavy atom. The first-order chi connectivity index (χ1) is 10.2. The summed E-state index contributed by atoms with van der Waals surface area (Å²) in [7, 11) is 0. The van der Waals surface area contributed by atoms with E-state index in [1.165, 1.54) is 5.56 Å². The third-order valence-electron chi connectivity index (χ3n) is 4.34. The summed E-state index contributed by atoms with van der Waals surface area (Å²) >= 11 is 0. The molecule has 0 bridgehead atoms. The number of hydrogen-bond acceptors (Lipinski definition) is 2. The van der Waals surface area contributed by atoms with Crippen molar-refractivity contribution in [2.75, 3.05) is 13.1 Å². The molecule has 1 saturated carbocycles. The lowest BCUT2D eigenvalue weighted by molar-refractivity contribution is 0.177. The normalized spacial score (nSPS) is 22.8. The summed E-state index contributed by atoms with van der Waals surface area (Å²) in [5, 5.41) is 15.3. The standard InChI is InChI=1S/C17H26N2O2/c1-2-14(15-6-4-3-5-7-15)12-19-17(21)18-11-13-8-9-16(20)10-13/h3-7,13-14,16,20H,2,8-12H2,1H3,(H2,18,19,21)/t13-,14+,16-/m0/s1. The second-order valence-corrected chi connectivity index (χ2v) is 5.94. The summed E-state index contributed by atoms with van der Waals surface area (Å²) in [6, 6.07) is 10.2. The van der Waals surface area contributed by atoms with Gasteiger partial charge in [0.15, 0.2) is 0 Å². The zero-order chi connectivity index (χ0) is 15.1. The fourth-order valence-electron chi connectivity index (χ4n) is 2.97. The minimum absolute atomic E-state index is 0.106. The van der Waals surface area contributed by atoms with Crippen molar-refractivity contribution in [1.29, 1.82) is 0 Å². The molecule has 3 N–H and O–H groups in total. The molecule has 3 atom stereocenters. The smallest absolute Gasteiger partial charge is 0.314 e. The van der Waals surface area contributed by atoms with E-state index in [-0.39, 0.29) is 12.1 Å².